The van der Waals surface area contributed by atoms with Gasteiger partial charge in [0.05, 0.1) is 0 Å². The fourth-order valence-electron chi connectivity index (χ4n) is 2.72. The van der Waals surface area contributed by atoms with Gasteiger partial charge in [-0.25, -0.2) is 0 Å². The van der Waals surface area contributed by atoms with E-state index in [4.69, 9.17) is 5.73 Å². The number of nitrogens with one attached hydrogen (secondary N) is 1. The van der Waals surface area contributed by atoms with E-state index < -0.39 is 0 Å². The van der Waals surface area contributed by atoms with E-state index in [1.165, 1.54) is 31.2 Å². The third kappa shape index (κ3) is 4.38. The number of halogens is 1. The van der Waals surface area contributed by atoms with Crippen molar-refractivity contribution in [2.45, 2.75) is 57.2 Å². The molecule has 3 N–H and O–H groups in total. The Morgan fingerprint density at radius 3 is 2.44 bits per heavy atom. The second kappa shape index (κ2) is 6.69. The third-order valence-electron chi connectivity index (χ3n) is 3.75. The van der Waals surface area contributed by atoms with E-state index >= 15 is 0 Å². The third-order valence-corrected chi connectivity index (χ3v) is 4.28. The maximum absolute atomic E-state index is 5.93. The van der Waals surface area contributed by atoms with Crippen molar-refractivity contribution >= 4 is 15.9 Å². The highest BCUT2D eigenvalue weighted by Crippen LogP contribution is 2.18. The molecule has 2 nitrogen and oxygen atoms in total. The summed E-state index contributed by atoms with van der Waals surface area (Å²) in [6.45, 7) is 2.27. The first kappa shape index (κ1) is 14.0. The lowest BCUT2D eigenvalue weighted by molar-refractivity contribution is 0.319. The van der Waals surface area contributed by atoms with Gasteiger partial charge >= 0.3 is 0 Å². The van der Waals surface area contributed by atoms with E-state index in [2.05, 4.69) is 52.4 Å². The summed E-state index contributed by atoms with van der Waals surface area (Å²) in [5, 5.41) is 3.74. The summed E-state index contributed by atoms with van der Waals surface area (Å²) >= 11 is 3.47. The Labute approximate surface area is 118 Å². The zero-order chi connectivity index (χ0) is 13.0. The zero-order valence-corrected chi connectivity index (χ0v) is 12.6. The van der Waals surface area contributed by atoms with Crippen LogP contribution in [0.2, 0.25) is 0 Å². The smallest absolute Gasteiger partial charge is 0.0175 e. The molecule has 1 aliphatic rings. The molecule has 1 unspecified atom stereocenters. The molecule has 0 bridgehead atoms. The van der Waals surface area contributed by atoms with E-state index in [1.54, 1.807) is 0 Å². The molecular weight excluding hydrogens is 288 g/mol. The minimum Gasteiger partial charge on any atom is -0.328 e. The first-order valence-corrected chi connectivity index (χ1v) is 7.69. The number of nitrogens with two attached hydrogens (primary N) is 1. The Hall–Kier alpha value is -0.380. The molecule has 0 heterocycles. The number of rotatable bonds is 4. The van der Waals surface area contributed by atoms with Gasteiger partial charge in [-0.2, -0.15) is 0 Å². The van der Waals surface area contributed by atoms with Crippen LogP contribution < -0.4 is 11.1 Å². The molecular formula is C15H23BrN2. The normalized spacial score (nSPS) is 25.9. The Morgan fingerprint density at radius 1 is 1.22 bits per heavy atom. The quantitative estimate of drug-likeness (QED) is 0.896. The van der Waals surface area contributed by atoms with Crippen LogP contribution in [0.4, 0.5) is 0 Å². The fraction of sp³-hybridized carbons (Fsp3) is 0.600. The molecule has 1 saturated carbocycles. The standard InChI is InChI=1S/C15H23BrN2/c1-11(10-12-2-4-13(16)5-3-12)18-15-8-6-14(17)7-9-15/h2-5,11,14-15,18H,6-10,17H2,1H3. The van der Waals surface area contributed by atoms with Gasteiger partial charge in [0, 0.05) is 22.6 Å². The molecule has 0 aromatic heterocycles. The second-order valence-electron chi connectivity index (χ2n) is 5.51. The maximum Gasteiger partial charge on any atom is 0.0175 e. The van der Waals surface area contributed by atoms with Crippen LogP contribution in [0.25, 0.3) is 0 Å². The van der Waals surface area contributed by atoms with Gasteiger partial charge in [0.1, 0.15) is 0 Å². The van der Waals surface area contributed by atoms with Crippen LogP contribution in [0.5, 0.6) is 0 Å². The predicted octanol–water partition coefficient (Wildman–Crippen LogP) is 3.24. The van der Waals surface area contributed by atoms with Gasteiger partial charge in [-0.05, 0) is 56.7 Å². The molecule has 100 valence electrons. The molecule has 0 radical (unpaired) electrons. The number of benzene rings is 1. The molecule has 3 heteroatoms. The zero-order valence-electron chi connectivity index (χ0n) is 11.0. The summed E-state index contributed by atoms with van der Waals surface area (Å²) in [5.74, 6) is 0. The number of hydrogen-bond donors (Lipinski definition) is 2. The van der Waals surface area contributed by atoms with E-state index in [0.29, 0.717) is 18.1 Å². The summed E-state index contributed by atoms with van der Waals surface area (Å²) in [5.41, 5.74) is 7.33. The molecule has 18 heavy (non-hydrogen) atoms. The Morgan fingerprint density at radius 2 is 1.83 bits per heavy atom. The van der Waals surface area contributed by atoms with Crippen LogP contribution in [0.3, 0.4) is 0 Å². The van der Waals surface area contributed by atoms with Gasteiger partial charge in [0.2, 0.25) is 0 Å². The molecule has 1 atom stereocenters. The molecule has 1 fully saturated rings. The van der Waals surface area contributed by atoms with Gasteiger partial charge in [-0.15, -0.1) is 0 Å². The SMILES string of the molecule is CC(Cc1ccc(Br)cc1)NC1CCC(N)CC1. The van der Waals surface area contributed by atoms with Crippen molar-refractivity contribution in [2.75, 3.05) is 0 Å². The molecule has 1 aromatic carbocycles. The van der Waals surface area contributed by atoms with Crippen LogP contribution in [0, 0.1) is 0 Å². The van der Waals surface area contributed by atoms with E-state index in [1.807, 2.05) is 0 Å². The molecule has 0 aliphatic heterocycles. The Balaban J connectivity index is 1.78. The first-order valence-electron chi connectivity index (χ1n) is 6.89. The highest BCUT2D eigenvalue weighted by molar-refractivity contribution is 9.10. The summed E-state index contributed by atoms with van der Waals surface area (Å²) in [6.07, 6.45) is 5.89. The summed E-state index contributed by atoms with van der Waals surface area (Å²) in [6, 6.07) is 10.2. The van der Waals surface area contributed by atoms with Crippen molar-refractivity contribution in [3.8, 4) is 0 Å². The predicted molar refractivity (Wildman–Crippen MR) is 80.7 cm³/mol. The molecule has 1 aliphatic carbocycles. The van der Waals surface area contributed by atoms with E-state index in [0.717, 1.165) is 10.9 Å². The van der Waals surface area contributed by atoms with Gasteiger partial charge in [0.15, 0.2) is 0 Å². The monoisotopic (exact) mass is 310 g/mol. The van der Waals surface area contributed by atoms with E-state index in [9.17, 15) is 0 Å². The highest BCUT2D eigenvalue weighted by Gasteiger charge is 2.19. The minimum absolute atomic E-state index is 0.435. The highest BCUT2D eigenvalue weighted by atomic mass is 79.9. The van der Waals surface area contributed by atoms with Crippen molar-refractivity contribution in [3.05, 3.63) is 34.3 Å². The van der Waals surface area contributed by atoms with Crippen molar-refractivity contribution < 1.29 is 0 Å². The lowest BCUT2D eigenvalue weighted by atomic mass is 9.91. The van der Waals surface area contributed by atoms with Crippen LogP contribution in [0.15, 0.2) is 28.7 Å². The summed E-state index contributed by atoms with van der Waals surface area (Å²) < 4.78 is 1.15. The summed E-state index contributed by atoms with van der Waals surface area (Å²) in [7, 11) is 0. The van der Waals surface area contributed by atoms with Crippen LogP contribution in [-0.4, -0.2) is 18.1 Å². The van der Waals surface area contributed by atoms with Crippen LogP contribution >= 0.6 is 15.9 Å². The molecule has 1 aromatic rings. The molecule has 0 amide bonds. The van der Waals surface area contributed by atoms with Crippen LogP contribution in [0.1, 0.15) is 38.2 Å². The van der Waals surface area contributed by atoms with Crippen molar-refractivity contribution in [1.29, 1.82) is 0 Å². The van der Waals surface area contributed by atoms with Gasteiger partial charge in [0.25, 0.3) is 0 Å². The molecule has 2 rings (SSSR count). The average Bonchev–Trinajstić information content (AvgIpc) is 2.35. The largest absolute Gasteiger partial charge is 0.328 e. The van der Waals surface area contributed by atoms with Gasteiger partial charge in [-0.3, -0.25) is 0 Å². The topological polar surface area (TPSA) is 38.0 Å². The summed E-state index contributed by atoms with van der Waals surface area (Å²) in [4.78, 5) is 0. The second-order valence-corrected chi connectivity index (χ2v) is 6.43. The van der Waals surface area contributed by atoms with Crippen molar-refractivity contribution in [2.24, 2.45) is 5.73 Å². The Bertz CT molecular complexity index is 355. The maximum atomic E-state index is 5.93. The first-order chi connectivity index (χ1) is 8.63. The fourth-order valence-corrected chi connectivity index (χ4v) is 2.99. The van der Waals surface area contributed by atoms with Crippen LogP contribution in [-0.2, 0) is 6.42 Å². The minimum atomic E-state index is 0.435. The number of hydrogen-bond acceptors (Lipinski definition) is 2. The van der Waals surface area contributed by atoms with E-state index in [-0.39, 0.29) is 0 Å². The van der Waals surface area contributed by atoms with Gasteiger partial charge < -0.3 is 11.1 Å². The lowest BCUT2D eigenvalue weighted by Crippen LogP contribution is -2.42. The Kier molecular flexibility index (Phi) is 5.22. The van der Waals surface area contributed by atoms with Crippen molar-refractivity contribution in [3.63, 3.8) is 0 Å². The molecule has 0 saturated heterocycles. The molecule has 0 spiro atoms. The van der Waals surface area contributed by atoms with Crippen molar-refractivity contribution in [1.82, 2.24) is 5.32 Å². The lowest BCUT2D eigenvalue weighted by Gasteiger charge is -2.29. The average molecular weight is 311 g/mol. The van der Waals surface area contributed by atoms with Gasteiger partial charge in [-0.1, -0.05) is 28.1 Å².